The second-order valence-corrected chi connectivity index (χ2v) is 6.28. The van der Waals surface area contributed by atoms with Crippen molar-refractivity contribution < 1.29 is 0 Å². The number of nitrogens with one attached hydrogen (secondary N) is 1. The van der Waals surface area contributed by atoms with Crippen molar-refractivity contribution in [3.05, 3.63) is 53.9 Å². The van der Waals surface area contributed by atoms with Gasteiger partial charge in [0.1, 0.15) is 11.6 Å². The van der Waals surface area contributed by atoms with Crippen LogP contribution in [0.3, 0.4) is 0 Å². The summed E-state index contributed by atoms with van der Waals surface area (Å²) in [6, 6.07) is 10.3. The molecule has 3 heterocycles. The van der Waals surface area contributed by atoms with Crippen molar-refractivity contribution in [3.8, 4) is 0 Å². The van der Waals surface area contributed by atoms with E-state index >= 15 is 0 Å². The normalized spacial score (nSPS) is 16.9. The molecule has 1 aliphatic rings. The maximum Gasteiger partial charge on any atom is 0.125 e. The Morgan fingerprint density at radius 2 is 1.96 bits per heavy atom. The van der Waals surface area contributed by atoms with E-state index in [1.165, 1.54) is 0 Å². The molecular weight excluding hydrogens is 286 g/mol. The Morgan fingerprint density at radius 3 is 2.74 bits per heavy atom. The fraction of sp³-hybridized carbons (Fsp3) is 0.389. The molecule has 1 fully saturated rings. The predicted octanol–water partition coefficient (Wildman–Crippen LogP) is 3.04. The molecule has 118 valence electrons. The van der Waals surface area contributed by atoms with Gasteiger partial charge in [-0.3, -0.25) is 4.90 Å². The van der Waals surface area contributed by atoms with Crippen LogP contribution in [-0.2, 0) is 6.54 Å². The zero-order chi connectivity index (χ0) is 15.6. The highest BCUT2D eigenvalue weighted by molar-refractivity contribution is 5.74. The van der Waals surface area contributed by atoms with Crippen LogP contribution < -0.4 is 0 Å². The van der Waals surface area contributed by atoms with Gasteiger partial charge in [0.2, 0.25) is 0 Å². The lowest BCUT2D eigenvalue weighted by molar-refractivity contribution is 0.200. The highest BCUT2D eigenvalue weighted by atomic mass is 15.1. The summed E-state index contributed by atoms with van der Waals surface area (Å²) in [5, 5.41) is 0. The Labute approximate surface area is 135 Å². The van der Waals surface area contributed by atoms with Gasteiger partial charge in [-0.15, -0.1) is 0 Å². The lowest BCUT2D eigenvalue weighted by Crippen LogP contribution is -2.33. The number of aromatic amines is 1. The van der Waals surface area contributed by atoms with Crippen molar-refractivity contribution >= 4 is 11.0 Å². The first-order valence-electron chi connectivity index (χ1n) is 8.23. The van der Waals surface area contributed by atoms with Crippen molar-refractivity contribution in [2.45, 2.75) is 32.2 Å². The Balaban J connectivity index is 1.40. The average molecular weight is 307 g/mol. The van der Waals surface area contributed by atoms with E-state index in [4.69, 9.17) is 4.98 Å². The number of likely N-dealkylation sites (tertiary alicyclic amines) is 1. The van der Waals surface area contributed by atoms with E-state index in [9.17, 15) is 0 Å². The molecule has 0 spiro atoms. The van der Waals surface area contributed by atoms with Gasteiger partial charge in [-0.05, 0) is 51.1 Å². The van der Waals surface area contributed by atoms with Gasteiger partial charge in [-0.2, -0.15) is 0 Å². The van der Waals surface area contributed by atoms with Crippen molar-refractivity contribution in [1.82, 2.24) is 24.8 Å². The maximum absolute atomic E-state index is 4.76. The number of para-hydroxylation sites is 2. The minimum Gasteiger partial charge on any atom is -0.342 e. The van der Waals surface area contributed by atoms with Crippen molar-refractivity contribution in [2.24, 2.45) is 0 Å². The summed E-state index contributed by atoms with van der Waals surface area (Å²) in [4.78, 5) is 19.4. The number of imidazole rings is 1. The van der Waals surface area contributed by atoms with Gasteiger partial charge >= 0.3 is 0 Å². The molecule has 0 unspecified atom stereocenters. The summed E-state index contributed by atoms with van der Waals surface area (Å²) in [5.41, 5.74) is 3.32. The number of aromatic nitrogens is 4. The standard InChI is InChI=1S/C18H21N5/c1-13-19-9-6-15(20-13)12-23-10-7-14(8-11-23)18-21-16-4-2-3-5-17(16)22-18/h2-6,9,14H,7-8,10-12H2,1H3,(H,21,22). The summed E-state index contributed by atoms with van der Waals surface area (Å²) in [6.45, 7) is 5.03. The number of hydrogen-bond acceptors (Lipinski definition) is 4. The summed E-state index contributed by atoms with van der Waals surface area (Å²) < 4.78 is 0. The van der Waals surface area contributed by atoms with Crippen LogP contribution in [0.15, 0.2) is 36.5 Å². The molecule has 4 rings (SSSR count). The molecule has 0 aliphatic carbocycles. The highest BCUT2D eigenvalue weighted by Crippen LogP contribution is 2.28. The zero-order valence-corrected chi connectivity index (χ0v) is 13.4. The van der Waals surface area contributed by atoms with Crippen molar-refractivity contribution in [3.63, 3.8) is 0 Å². The molecule has 1 N–H and O–H groups in total. The van der Waals surface area contributed by atoms with Gasteiger partial charge in [0.05, 0.1) is 16.7 Å². The van der Waals surface area contributed by atoms with Crippen LogP contribution in [0.2, 0.25) is 0 Å². The van der Waals surface area contributed by atoms with Crippen LogP contribution in [0, 0.1) is 6.92 Å². The Morgan fingerprint density at radius 1 is 1.13 bits per heavy atom. The largest absolute Gasteiger partial charge is 0.342 e. The number of rotatable bonds is 3. The van der Waals surface area contributed by atoms with Gasteiger partial charge in [0.25, 0.3) is 0 Å². The molecule has 0 saturated carbocycles. The maximum atomic E-state index is 4.76. The van der Waals surface area contributed by atoms with E-state index in [-0.39, 0.29) is 0 Å². The lowest BCUT2D eigenvalue weighted by Gasteiger charge is -2.30. The molecule has 1 aliphatic heterocycles. The van der Waals surface area contributed by atoms with E-state index in [2.05, 4.69) is 38.1 Å². The summed E-state index contributed by atoms with van der Waals surface area (Å²) >= 11 is 0. The van der Waals surface area contributed by atoms with Gasteiger partial charge in [-0.25, -0.2) is 15.0 Å². The number of H-pyrrole nitrogens is 1. The minimum absolute atomic E-state index is 0.533. The second-order valence-electron chi connectivity index (χ2n) is 6.28. The molecule has 5 heteroatoms. The van der Waals surface area contributed by atoms with E-state index in [0.29, 0.717) is 5.92 Å². The predicted molar refractivity (Wildman–Crippen MR) is 90.1 cm³/mol. The zero-order valence-electron chi connectivity index (χ0n) is 13.4. The lowest BCUT2D eigenvalue weighted by atomic mass is 9.96. The molecule has 0 amide bonds. The number of piperidine rings is 1. The third-order valence-electron chi connectivity index (χ3n) is 4.60. The first-order valence-corrected chi connectivity index (χ1v) is 8.23. The van der Waals surface area contributed by atoms with Gasteiger partial charge in [0, 0.05) is 18.7 Å². The third kappa shape index (κ3) is 3.10. The molecule has 0 radical (unpaired) electrons. The molecule has 5 nitrogen and oxygen atoms in total. The number of nitrogens with zero attached hydrogens (tertiary/aromatic N) is 4. The topological polar surface area (TPSA) is 57.7 Å². The van der Waals surface area contributed by atoms with E-state index in [0.717, 1.165) is 60.9 Å². The fourth-order valence-electron chi connectivity index (χ4n) is 3.35. The van der Waals surface area contributed by atoms with E-state index < -0.39 is 0 Å². The highest BCUT2D eigenvalue weighted by Gasteiger charge is 2.23. The first kappa shape index (κ1) is 14.3. The van der Waals surface area contributed by atoms with Crippen LogP contribution in [0.25, 0.3) is 11.0 Å². The SMILES string of the molecule is Cc1nccc(CN2CCC(c3nc4ccccc4[nH]3)CC2)n1. The molecule has 23 heavy (non-hydrogen) atoms. The van der Waals surface area contributed by atoms with E-state index in [1.807, 2.05) is 25.3 Å². The molecule has 1 saturated heterocycles. The quantitative estimate of drug-likeness (QED) is 0.808. The molecule has 0 bridgehead atoms. The third-order valence-corrected chi connectivity index (χ3v) is 4.60. The van der Waals surface area contributed by atoms with Gasteiger partial charge < -0.3 is 4.98 Å². The Hall–Kier alpha value is -2.27. The number of aryl methyl sites for hydroxylation is 1. The average Bonchev–Trinajstić information content (AvgIpc) is 2.99. The van der Waals surface area contributed by atoms with Gasteiger partial charge in [-0.1, -0.05) is 12.1 Å². The number of benzene rings is 1. The first-order chi connectivity index (χ1) is 11.3. The van der Waals surface area contributed by atoms with Crippen molar-refractivity contribution in [2.75, 3.05) is 13.1 Å². The molecule has 0 atom stereocenters. The van der Waals surface area contributed by atoms with Crippen LogP contribution in [0.4, 0.5) is 0 Å². The van der Waals surface area contributed by atoms with E-state index in [1.54, 1.807) is 0 Å². The Bertz CT molecular complexity index is 769. The molecule has 2 aromatic heterocycles. The molecule has 3 aromatic rings. The van der Waals surface area contributed by atoms with Gasteiger partial charge in [0.15, 0.2) is 0 Å². The minimum atomic E-state index is 0.533. The molecule has 1 aromatic carbocycles. The van der Waals surface area contributed by atoms with Crippen LogP contribution in [0.1, 0.15) is 36.1 Å². The smallest absolute Gasteiger partial charge is 0.125 e. The van der Waals surface area contributed by atoms with Crippen LogP contribution in [-0.4, -0.2) is 37.9 Å². The number of hydrogen-bond donors (Lipinski definition) is 1. The number of fused-ring (bicyclic) bond motifs is 1. The van der Waals surface area contributed by atoms with Crippen LogP contribution in [0.5, 0.6) is 0 Å². The van der Waals surface area contributed by atoms with Crippen molar-refractivity contribution in [1.29, 1.82) is 0 Å². The van der Waals surface area contributed by atoms with Crippen LogP contribution >= 0.6 is 0 Å². The fourth-order valence-corrected chi connectivity index (χ4v) is 3.35. The monoisotopic (exact) mass is 307 g/mol. The summed E-state index contributed by atoms with van der Waals surface area (Å²) in [6.07, 6.45) is 4.13. The molecular formula is C18H21N5. The summed E-state index contributed by atoms with van der Waals surface area (Å²) in [7, 11) is 0. The Kier molecular flexibility index (Phi) is 3.79. The second kappa shape index (κ2) is 6.08. The summed E-state index contributed by atoms with van der Waals surface area (Å²) in [5.74, 6) is 2.52.